The highest BCUT2D eigenvalue weighted by Gasteiger charge is 2.09. The van der Waals surface area contributed by atoms with E-state index in [1.807, 2.05) is 0 Å². The first kappa shape index (κ1) is 12.3. The zero-order chi connectivity index (χ0) is 12.1. The fourth-order valence-electron chi connectivity index (χ4n) is 1.79. The van der Waals surface area contributed by atoms with E-state index in [0.29, 0.717) is 12.2 Å². The molecule has 1 aliphatic heterocycles. The monoisotopic (exact) mass is 242 g/mol. The number of morpholine rings is 1. The van der Waals surface area contributed by atoms with Gasteiger partial charge in [-0.25, -0.2) is 8.78 Å². The summed E-state index contributed by atoms with van der Waals surface area (Å²) in [4.78, 5) is 2.27. The largest absolute Gasteiger partial charge is 0.384 e. The first-order valence-corrected chi connectivity index (χ1v) is 5.75. The summed E-state index contributed by atoms with van der Waals surface area (Å²) in [6.07, 6.45) is 0. The first-order chi connectivity index (χ1) is 8.25. The molecular weight excluding hydrogens is 226 g/mol. The summed E-state index contributed by atoms with van der Waals surface area (Å²) in [6, 6.07) is 3.85. The topological polar surface area (TPSA) is 24.5 Å². The number of rotatable bonds is 4. The zero-order valence-electron chi connectivity index (χ0n) is 9.59. The van der Waals surface area contributed by atoms with Crippen LogP contribution in [0.1, 0.15) is 0 Å². The highest BCUT2D eigenvalue weighted by Crippen LogP contribution is 2.12. The van der Waals surface area contributed by atoms with E-state index in [1.165, 1.54) is 12.1 Å². The molecule has 1 saturated heterocycles. The molecular formula is C12H16F2N2O. The van der Waals surface area contributed by atoms with Crippen LogP contribution in [0, 0.1) is 11.6 Å². The van der Waals surface area contributed by atoms with E-state index >= 15 is 0 Å². The van der Waals surface area contributed by atoms with Gasteiger partial charge in [-0.1, -0.05) is 0 Å². The van der Waals surface area contributed by atoms with Crippen LogP contribution >= 0.6 is 0 Å². The third-order valence-electron chi connectivity index (χ3n) is 2.78. The van der Waals surface area contributed by atoms with Crippen molar-refractivity contribution in [2.45, 2.75) is 0 Å². The smallest absolute Gasteiger partial charge is 0.160 e. The molecule has 0 amide bonds. The standard InChI is InChI=1S/C12H16F2N2O/c13-11-2-1-10(9-12(11)14)15-3-4-16-5-7-17-8-6-16/h1-2,9,15H,3-8H2. The van der Waals surface area contributed by atoms with Crippen molar-refractivity contribution in [1.29, 1.82) is 0 Å². The molecule has 3 nitrogen and oxygen atoms in total. The Morgan fingerprint density at radius 1 is 1.18 bits per heavy atom. The fourth-order valence-corrected chi connectivity index (χ4v) is 1.79. The molecule has 0 aliphatic carbocycles. The van der Waals surface area contributed by atoms with Crippen LogP contribution in [0.3, 0.4) is 0 Å². The van der Waals surface area contributed by atoms with Crippen LogP contribution in [0.15, 0.2) is 18.2 Å². The minimum Gasteiger partial charge on any atom is -0.384 e. The van der Waals surface area contributed by atoms with Gasteiger partial charge in [0.05, 0.1) is 13.2 Å². The number of ether oxygens (including phenoxy) is 1. The maximum Gasteiger partial charge on any atom is 0.160 e. The van der Waals surface area contributed by atoms with Crippen molar-refractivity contribution < 1.29 is 13.5 Å². The minimum absolute atomic E-state index is 0.608. The lowest BCUT2D eigenvalue weighted by atomic mass is 10.3. The number of hydrogen-bond acceptors (Lipinski definition) is 3. The molecule has 0 spiro atoms. The fraction of sp³-hybridized carbons (Fsp3) is 0.500. The Morgan fingerprint density at radius 3 is 2.65 bits per heavy atom. The number of hydrogen-bond donors (Lipinski definition) is 1. The van der Waals surface area contributed by atoms with Crippen LogP contribution in [0.4, 0.5) is 14.5 Å². The molecule has 2 rings (SSSR count). The third kappa shape index (κ3) is 3.64. The van der Waals surface area contributed by atoms with E-state index in [0.717, 1.165) is 38.9 Å². The maximum atomic E-state index is 12.9. The second kappa shape index (κ2) is 5.93. The molecule has 1 aromatic carbocycles. The Kier molecular flexibility index (Phi) is 4.28. The van der Waals surface area contributed by atoms with Gasteiger partial charge in [-0.3, -0.25) is 4.90 Å². The Balaban J connectivity index is 1.75. The zero-order valence-corrected chi connectivity index (χ0v) is 9.59. The Hall–Kier alpha value is -1.20. The summed E-state index contributed by atoms with van der Waals surface area (Å²) in [5, 5.41) is 3.07. The van der Waals surface area contributed by atoms with Crippen LogP contribution in [0.25, 0.3) is 0 Å². The van der Waals surface area contributed by atoms with Crippen LogP contribution in [-0.4, -0.2) is 44.3 Å². The molecule has 0 saturated carbocycles. The van der Waals surface area contributed by atoms with E-state index < -0.39 is 11.6 Å². The van der Waals surface area contributed by atoms with Crippen LogP contribution in [-0.2, 0) is 4.74 Å². The maximum absolute atomic E-state index is 12.9. The molecule has 1 aliphatic rings. The molecule has 1 N–H and O–H groups in total. The number of anilines is 1. The second-order valence-electron chi connectivity index (χ2n) is 4.01. The van der Waals surface area contributed by atoms with E-state index in [2.05, 4.69) is 10.2 Å². The highest BCUT2D eigenvalue weighted by molar-refractivity contribution is 5.43. The second-order valence-corrected chi connectivity index (χ2v) is 4.01. The van der Waals surface area contributed by atoms with E-state index in [-0.39, 0.29) is 0 Å². The summed E-state index contributed by atoms with van der Waals surface area (Å²) >= 11 is 0. The lowest BCUT2D eigenvalue weighted by Gasteiger charge is -2.26. The number of nitrogens with one attached hydrogen (secondary N) is 1. The van der Waals surface area contributed by atoms with Crippen molar-refractivity contribution in [1.82, 2.24) is 4.90 Å². The van der Waals surface area contributed by atoms with Gasteiger partial charge in [-0.15, -0.1) is 0 Å². The summed E-state index contributed by atoms with van der Waals surface area (Å²) in [5.74, 6) is -1.63. The van der Waals surface area contributed by atoms with Crippen molar-refractivity contribution in [3.05, 3.63) is 29.8 Å². The van der Waals surface area contributed by atoms with Gasteiger partial charge in [-0.05, 0) is 18.2 Å². The lowest BCUT2D eigenvalue weighted by molar-refractivity contribution is 0.0398. The molecule has 0 aromatic heterocycles. The molecule has 1 aromatic rings. The molecule has 1 fully saturated rings. The van der Waals surface area contributed by atoms with E-state index in [1.54, 1.807) is 0 Å². The van der Waals surface area contributed by atoms with Gasteiger partial charge in [0, 0.05) is 31.9 Å². The molecule has 94 valence electrons. The Morgan fingerprint density at radius 2 is 1.94 bits per heavy atom. The van der Waals surface area contributed by atoms with Crippen LogP contribution < -0.4 is 5.32 Å². The van der Waals surface area contributed by atoms with Crippen molar-refractivity contribution in [2.75, 3.05) is 44.7 Å². The lowest BCUT2D eigenvalue weighted by Crippen LogP contribution is -2.39. The quantitative estimate of drug-likeness (QED) is 0.870. The Bertz CT molecular complexity index is 368. The first-order valence-electron chi connectivity index (χ1n) is 5.75. The van der Waals surface area contributed by atoms with E-state index in [4.69, 9.17) is 4.74 Å². The molecule has 5 heteroatoms. The molecule has 1 heterocycles. The van der Waals surface area contributed by atoms with Gasteiger partial charge < -0.3 is 10.1 Å². The third-order valence-corrected chi connectivity index (χ3v) is 2.78. The van der Waals surface area contributed by atoms with E-state index in [9.17, 15) is 8.78 Å². The summed E-state index contributed by atoms with van der Waals surface area (Å²) in [7, 11) is 0. The summed E-state index contributed by atoms with van der Waals surface area (Å²) < 4.78 is 30.8. The van der Waals surface area contributed by atoms with Gasteiger partial charge in [0.15, 0.2) is 11.6 Å². The summed E-state index contributed by atoms with van der Waals surface area (Å²) in [6.45, 7) is 4.99. The number of halogens is 2. The molecule has 0 unspecified atom stereocenters. The van der Waals surface area contributed by atoms with Gasteiger partial charge in [0.2, 0.25) is 0 Å². The summed E-state index contributed by atoms with van der Waals surface area (Å²) in [5.41, 5.74) is 0.608. The SMILES string of the molecule is Fc1ccc(NCCN2CCOCC2)cc1F. The number of nitrogens with zero attached hydrogens (tertiary/aromatic N) is 1. The molecule has 0 atom stereocenters. The van der Waals surface area contributed by atoms with Crippen LogP contribution in [0.2, 0.25) is 0 Å². The normalized spacial score (nSPS) is 17.1. The van der Waals surface area contributed by atoms with Crippen molar-refractivity contribution in [3.8, 4) is 0 Å². The predicted molar refractivity (Wildman–Crippen MR) is 62.1 cm³/mol. The minimum atomic E-state index is -0.818. The average Bonchev–Trinajstić information content (AvgIpc) is 2.35. The Labute approximate surface area is 99.4 Å². The van der Waals surface area contributed by atoms with Gasteiger partial charge in [0.25, 0.3) is 0 Å². The number of benzene rings is 1. The van der Waals surface area contributed by atoms with Crippen molar-refractivity contribution in [3.63, 3.8) is 0 Å². The molecule has 0 bridgehead atoms. The van der Waals surface area contributed by atoms with Gasteiger partial charge in [-0.2, -0.15) is 0 Å². The highest BCUT2D eigenvalue weighted by atomic mass is 19.2. The van der Waals surface area contributed by atoms with Gasteiger partial charge >= 0.3 is 0 Å². The predicted octanol–water partition coefficient (Wildman–Crippen LogP) is 1.71. The van der Waals surface area contributed by atoms with Crippen molar-refractivity contribution in [2.24, 2.45) is 0 Å². The molecule has 0 radical (unpaired) electrons. The van der Waals surface area contributed by atoms with Gasteiger partial charge in [0.1, 0.15) is 0 Å². The molecule has 17 heavy (non-hydrogen) atoms. The van der Waals surface area contributed by atoms with Crippen molar-refractivity contribution >= 4 is 5.69 Å². The van der Waals surface area contributed by atoms with Crippen LogP contribution in [0.5, 0.6) is 0 Å². The average molecular weight is 242 g/mol.